The first-order chi connectivity index (χ1) is 21.0. The minimum Gasteiger partial charge on any atom is -0.497 e. The SMILES string of the molecule is COc1ccc(C(Nc2ccn([C@@H]3CS[C@H](COC(=O)CCN)O3)c(=O)n2)(c2ccccc2)c2ccc(OC)cc2)cc1. The molecule has 11 heteroatoms. The Morgan fingerprint density at radius 3 is 2.14 bits per heavy atom. The summed E-state index contributed by atoms with van der Waals surface area (Å²) in [4.78, 5) is 29.4. The monoisotopic (exact) mass is 602 g/mol. The molecule has 1 aromatic heterocycles. The molecule has 0 amide bonds. The average Bonchev–Trinajstić information content (AvgIpc) is 3.52. The highest BCUT2D eigenvalue weighted by atomic mass is 32.2. The Hall–Kier alpha value is -4.32. The van der Waals surface area contributed by atoms with Crippen molar-refractivity contribution in [3.8, 4) is 11.5 Å². The lowest BCUT2D eigenvalue weighted by molar-refractivity contribution is -0.146. The van der Waals surface area contributed by atoms with Crippen LogP contribution in [0.4, 0.5) is 5.82 Å². The van der Waals surface area contributed by atoms with Crippen LogP contribution in [-0.2, 0) is 19.8 Å². The van der Waals surface area contributed by atoms with Crippen LogP contribution >= 0.6 is 11.8 Å². The van der Waals surface area contributed by atoms with Crippen LogP contribution in [0.1, 0.15) is 29.3 Å². The Bertz CT molecular complexity index is 1520. The molecule has 0 aliphatic carbocycles. The summed E-state index contributed by atoms with van der Waals surface area (Å²) in [5, 5.41) is 3.61. The quantitative estimate of drug-likeness (QED) is 0.180. The number of nitrogens with two attached hydrogens (primary N) is 1. The first-order valence-electron chi connectivity index (χ1n) is 13.8. The van der Waals surface area contributed by atoms with E-state index in [1.165, 1.54) is 16.3 Å². The Kier molecular flexibility index (Phi) is 9.65. The van der Waals surface area contributed by atoms with Crippen molar-refractivity contribution in [2.24, 2.45) is 5.73 Å². The molecule has 224 valence electrons. The van der Waals surface area contributed by atoms with E-state index in [-0.39, 0.29) is 31.0 Å². The van der Waals surface area contributed by atoms with Crippen molar-refractivity contribution in [3.63, 3.8) is 0 Å². The first-order valence-corrected chi connectivity index (χ1v) is 14.9. The highest BCUT2D eigenvalue weighted by molar-refractivity contribution is 8.00. The van der Waals surface area contributed by atoms with E-state index in [2.05, 4.69) is 10.3 Å². The number of ether oxygens (including phenoxy) is 4. The smallest absolute Gasteiger partial charge is 0.351 e. The zero-order valence-electron chi connectivity index (χ0n) is 24.0. The molecule has 0 bridgehead atoms. The standard InChI is InChI=1S/C32H34N4O6S/c1-39-25-12-8-23(9-13-25)32(22-6-4-3-5-7-22,24-10-14-26(40-2)15-11-24)35-27-17-19-36(31(38)34-27)28-21-43-30(42-28)20-41-29(37)16-18-33/h3-15,17,19,28,30H,16,18,20-21,33H2,1-2H3,(H,34,35,38)/t28-,30+/m0/s1. The van der Waals surface area contributed by atoms with Crippen molar-refractivity contribution in [2.45, 2.75) is 23.6 Å². The van der Waals surface area contributed by atoms with Crippen LogP contribution in [0.2, 0.25) is 0 Å². The first kappa shape index (κ1) is 30.1. The Balaban J connectivity index is 1.49. The largest absolute Gasteiger partial charge is 0.497 e. The van der Waals surface area contributed by atoms with Gasteiger partial charge >= 0.3 is 11.7 Å². The van der Waals surface area contributed by atoms with Crippen LogP contribution in [0.25, 0.3) is 0 Å². The summed E-state index contributed by atoms with van der Waals surface area (Å²) in [6.07, 6.45) is 1.28. The van der Waals surface area contributed by atoms with Crippen molar-refractivity contribution in [1.82, 2.24) is 9.55 Å². The second-order valence-corrected chi connectivity index (χ2v) is 11.0. The summed E-state index contributed by atoms with van der Waals surface area (Å²) in [5.41, 5.74) is 6.40. The number of hydrogen-bond acceptors (Lipinski definition) is 10. The molecule has 0 radical (unpaired) electrons. The maximum absolute atomic E-state index is 13.3. The van der Waals surface area contributed by atoms with Gasteiger partial charge in [-0.1, -0.05) is 54.6 Å². The fraction of sp³-hybridized carbons (Fsp3) is 0.281. The average molecular weight is 603 g/mol. The van der Waals surface area contributed by atoms with Crippen molar-refractivity contribution >= 4 is 23.5 Å². The lowest BCUT2D eigenvalue weighted by Crippen LogP contribution is -2.39. The molecular weight excluding hydrogens is 568 g/mol. The molecule has 0 unspecified atom stereocenters. The number of nitrogens with zero attached hydrogens (tertiary/aromatic N) is 2. The fourth-order valence-electron chi connectivity index (χ4n) is 5.01. The summed E-state index contributed by atoms with van der Waals surface area (Å²) in [6.45, 7) is 0.315. The molecule has 2 heterocycles. The molecule has 2 atom stereocenters. The van der Waals surface area contributed by atoms with Gasteiger partial charge < -0.3 is 30.0 Å². The molecule has 1 aliphatic heterocycles. The minimum atomic E-state index is -0.927. The molecule has 43 heavy (non-hydrogen) atoms. The highest BCUT2D eigenvalue weighted by Gasteiger charge is 2.37. The van der Waals surface area contributed by atoms with Gasteiger partial charge in [0.25, 0.3) is 0 Å². The predicted molar refractivity (Wildman–Crippen MR) is 165 cm³/mol. The predicted octanol–water partition coefficient (Wildman–Crippen LogP) is 4.14. The maximum Gasteiger partial charge on any atom is 0.351 e. The van der Waals surface area contributed by atoms with Crippen molar-refractivity contribution < 1.29 is 23.7 Å². The van der Waals surface area contributed by atoms with Gasteiger partial charge in [0.15, 0.2) is 0 Å². The van der Waals surface area contributed by atoms with Gasteiger partial charge in [0, 0.05) is 18.5 Å². The van der Waals surface area contributed by atoms with Crippen LogP contribution in [-0.4, -0.2) is 54.1 Å². The third kappa shape index (κ3) is 6.69. The third-order valence-electron chi connectivity index (χ3n) is 7.17. The molecular formula is C32H34N4O6S. The van der Waals surface area contributed by atoms with E-state index in [1.54, 1.807) is 26.5 Å². The van der Waals surface area contributed by atoms with E-state index in [0.717, 1.165) is 28.2 Å². The van der Waals surface area contributed by atoms with E-state index >= 15 is 0 Å². The van der Waals surface area contributed by atoms with Gasteiger partial charge in [0.05, 0.1) is 20.6 Å². The molecule has 0 saturated carbocycles. The van der Waals surface area contributed by atoms with Gasteiger partial charge in [-0.05, 0) is 47.0 Å². The topological polar surface area (TPSA) is 127 Å². The number of thioether (sulfide) groups is 1. The lowest BCUT2D eigenvalue weighted by Gasteiger charge is -2.37. The Morgan fingerprint density at radius 2 is 1.58 bits per heavy atom. The van der Waals surface area contributed by atoms with Crippen LogP contribution in [0.3, 0.4) is 0 Å². The summed E-state index contributed by atoms with van der Waals surface area (Å²) in [5.74, 6) is 1.97. The number of methoxy groups -OCH3 is 2. The molecule has 0 spiro atoms. The van der Waals surface area contributed by atoms with Gasteiger partial charge in [-0.25, -0.2) is 4.79 Å². The molecule has 3 aromatic carbocycles. The van der Waals surface area contributed by atoms with E-state index < -0.39 is 17.5 Å². The second-order valence-electron chi connectivity index (χ2n) is 9.78. The number of benzene rings is 3. The zero-order valence-corrected chi connectivity index (χ0v) is 24.8. The summed E-state index contributed by atoms with van der Waals surface area (Å²) < 4.78 is 23.5. The molecule has 10 nitrogen and oxygen atoms in total. The second kappa shape index (κ2) is 13.8. The van der Waals surface area contributed by atoms with Crippen LogP contribution in [0.15, 0.2) is 95.9 Å². The Labute approximate surface area is 254 Å². The summed E-state index contributed by atoms with van der Waals surface area (Å²) in [6, 6.07) is 27.3. The van der Waals surface area contributed by atoms with E-state index in [0.29, 0.717) is 11.6 Å². The number of carbonyl (C=O) groups excluding carboxylic acids is 1. The number of nitrogens with one attached hydrogen (secondary N) is 1. The molecule has 3 N–H and O–H groups in total. The van der Waals surface area contributed by atoms with Crippen molar-refractivity contribution in [3.05, 3.63) is 118 Å². The normalized spacial score (nSPS) is 16.4. The number of carbonyl (C=O) groups is 1. The van der Waals surface area contributed by atoms with Crippen molar-refractivity contribution in [2.75, 3.05) is 38.4 Å². The van der Waals surface area contributed by atoms with Crippen molar-refractivity contribution in [1.29, 1.82) is 0 Å². The lowest BCUT2D eigenvalue weighted by atomic mass is 9.77. The number of rotatable bonds is 12. The van der Waals surface area contributed by atoms with Gasteiger partial charge in [0.2, 0.25) is 0 Å². The minimum absolute atomic E-state index is 0.0884. The van der Waals surface area contributed by atoms with Gasteiger partial charge in [-0.15, -0.1) is 11.8 Å². The fourth-order valence-corrected chi connectivity index (χ4v) is 6.00. The van der Waals surface area contributed by atoms with E-state index in [4.69, 9.17) is 24.7 Å². The van der Waals surface area contributed by atoms with Crippen LogP contribution in [0.5, 0.6) is 11.5 Å². The molecule has 5 rings (SSSR count). The van der Waals surface area contributed by atoms with Crippen LogP contribution < -0.4 is 26.2 Å². The van der Waals surface area contributed by atoms with Gasteiger partial charge in [0.1, 0.15) is 41.1 Å². The number of esters is 1. The van der Waals surface area contributed by atoms with Gasteiger partial charge in [-0.2, -0.15) is 4.98 Å². The molecule has 1 fully saturated rings. The van der Waals surface area contributed by atoms with E-state index in [1.807, 2.05) is 78.9 Å². The molecule has 4 aromatic rings. The van der Waals surface area contributed by atoms with Crippen LogP contribution in [0, 0.1) is 0 Å². The van der Waals surface area contributed by atoms with E-state index in [9.17, 15) is 9.59 Å². The number of hydrogen-bond donors (Lipinski definition) is 2. The van der Waals surface area contributed by atoms with Gasteiger partial charge in [-0.3, -0.25) is 9.36 Å². The molecule has 1 saturated heterocycles. The maximum atomic E-state index is 13.3. The Morgan fingerprint density at radius 1 is 0.977 bits per heavy atom. The summed E-state index contributed by atoms with van der Waals surface area (Å²) >= 11 is 1.47. The highest BCUT2D eigenvalue weighted by Crippen LogP contribution is 2.41. The molecule has 1 aliphatic rings. The summed E-state index contributed by atoms with van der Waals surface area (Å²) in [7, 11) is 3.26. The zero-order chi connectivity index (χ0) is 30.2. The third-order valence-corrected chi connectivity index (χ3v) is 8.27. The number of anilines is 1. The number of aromatic nitrogens is 2.